The number of fused-ring (bicyclic) bond motifs is 1. The number of hydrogen-bond donors (Lipinski definition) is 1. The van der Waals surface area contributed by atoms with Crippen molar-refractivity contribution in [3.63, 3.8) is 0 Å². The lowest BCUT2D eigenvalue weighted by Gasteiger charge is -2.37. The molecule has 5 nitrogen and oxygen atoms in total. The van der Waals surface area contributed by atoms with Crippen LogP contribution >= 0.6 is 0 Å². The van der Waals surface area contributed by atoms with Crippen molar-refractivity contribution in [2.45, 2.75) is 39.2 Å². The van der Waals surface area contributed by atoms with Crippen LogP contribution in [0.1, 0.15) is 38.7 Å². The molecule has 0 bridgehead atoms. The smallest absolute Gasteiger partial charge is 0.226 e. The van der Waals surface area contributed by atoms with Gasteiger partial charge in [0.2, 0.25) is 5.91 Å². The van der Waals surface area contributed by atoms with Crippen LogP contribution in [0.5, 0.6) is 11.5 Å². The first-order valence-electron chi connectivity index (χ1n) is 8.60. The molecule has 1 N–H and O–H groups in total. The van der Waals surface area contributed by atoms with Crippen LogP contribution in [-0.4, -0.2) is 48.8 Å². The summed E-state index contributed by atoms with van der Waals surface area (Å²) in [7, 11) is 1.80. The van der Waals surface area contributed by atoms with Crippen LogP contribution in [0.15, 0.2) is 18.2 Å². The van der Waals surface area contributed by atoms with E-state index in [1.807, 2.05) is 39.0 Å². The molecule has 0 saturated heterocycles. The number of carbonyl (C=O) groups excluding carboxylic acids is 1. The maximum Gasteiger partial charge on any atom is 0.226 e. The first-order chi connectivity index (χ1) is 11.3. The van der Waals surface area contributed by atoms with Crippen LogP contribution in [-0.2, 0) is 4.79 Å². The third kappa shape index (κ3) is 3.22. The summed E-state index contributed by atoms with van der Waals surface area (Å²) >= 11 is 0. The Morgan fingerprint density at radius 1 is 1.29 bits per heavy atom. The molecule has 1 aliphatic carbocycles. The number of likely N-dealkylation sites (N-methyl/N-ethyl adjacent to an activating group) is 1. The van der Waals surface area contributed by atoms with Crippen molar-refractivity contribution < 1.29 is 19.4 Å². The molecule has 1 aromatic carbocycles. The zero-order valence-electron chi connectivity index (χ0n) is 14.9. The Morgan fingerprint density at radius 2 is 1.96 bits per heavy atom. The number of benzene rings is 1. The van der Waals surface area contributed by atoms with Crippen molar-refractivity contribution >= 4 is 5.91 Å². The fourth-order valence-corrected chi connectivity index (χ4v) is 3.52. The van der Waals surface area contributed by atoms with E-state index in [0.717, 1.165) is 23.5 Å². The molecule has 1 aromatic rings. The third-order valence-electron chi connectivity index (χ3n) is 5.09. The number of aliphatic hydroxyl groups excluding tert-OH is 1. The van der Waals surface area contributed by atoms with E-state index in [1.54, 1.807) is 11.9 Å². The molecule has 3 rings (SSSR count). The molecule has 1 fully saturated rings. The van der Waals surface area contributed by atoms with Crippen LogP contribution in [0.2, 0.25) is 0 Å². The average Bonchev–Trinajstić information content (AvgIpc) is 3.33. The van der Waals surface area contributed by atoms with Crippen molar-refractivity contribution in [2.24, 2.45) is 11.3 Å². The van der Waals surface area contributed by atoms with Gasteiger partial charge in [0.15, 0.2) is 11.5 Å². The summed E-state index contributed by atoms with van der Waals surface area (Å²) in [5, 5.41) is 9.67. The van der Waals surface area contributed by atoms with Gasteiger partial charge in [0.25, 0.3) is 0 Å². The van der Waals surface area contributed by atoms with Gasteiger partial charge in [-0.1, -0.05) is 26.8 Å². The quantitative estimate of drug-likeness (QED) is 0.919. The molecule has 0 unspecified atom stereocenters. The third-order valence-corrected chi connectivity index (χ3v) is 5.09. The van der Waals surface area contributed by atoms with E-state index in [4.69, 9.17) is 9.47 Å². The van der Waals surface area contributed by atoms with E-state index < -0.39 is 0 Å². The van der Waals surface area contributed by atoms with Gasteiger partial charge in [-0.15, -0.1) is 0 Å². The van der Waals surface area contributed by atoms with Crippen LogP contribution in [0, 0.1) is 11.3 Å². The van der Waals surface area contributed by atoms with Crippen molar-refractivity contribution in [3.8, 4) is 11.5 Å². The first kappa shape index (κ1) is 17.1. The molecule has 1 amide bonds. The van der Waals surface area contributed by atoms with E-state index in [9.17, 15) is 9.90 Å². The van der Waals surface area contributed by atoms with Gasteiger partial charge in [-0.25, -0.2) is 0 Å². The Bertz CT molecular complexity index is 622. The molecule has 1 aliphatic heterocycles. The van der Waals surface area contributed by atoms with E-state index in [0.29, 0.717) is 13.2 Å². The number of rotatable bonds is 4. The van der Waals surface area contributed by atoms with Crippen LogP contribution < -0.4 is 9.47 Å². The summed E-state index contributed by atoms with van der Waals surface area (Å²) in [6.07, 6.45) is 0.852. The first-order valence-corrected chi connectivity index (χ1v) is 8.60. The molecule has 24 heavy (non-hydrogen) atoms. The van der Waals surface area contributed by atoms with Crippen molar-refractivity contribution in [1.29, 1.82) is 0 Å². The van der Waals surface area contributed by atoms with Gasteiger partial charge < -0.3 is 19.5 Å². The average molecular weight is 333 g/mol. The van der Waals surface area contributed by atoms with Crippen molar-refractivity contribution in [2.75, 3.05) is 26.9 Å². The van der Waals surface area contributed by atoms with Crippen LogP contribution in [0.3, 0.4) is 0 Å². The Balaban J connectivity index is 1.69. The summed E-state index contributed by atoms with van der Waals surface area (Å²) in [5.41, 5.74) is 0.975. The Labute approximate surface area is 143 Å². The normalized spacial score (nSPS) is 23.5. The number of nitrogens with zero attached hydrogens (tertiary/aromatic N) is 1. The van der Waals surface area contributed by atoms with Gasteiger partial charge in [-0.2, -0.15) is 0 Å². The molecule has 0 aromatic heterocycles. The van der Waals surface area contributed by atoms with E-state index >= 15 is 0 Å². The van der Waals surface area contributed by atoms with Gasteiger partial charge in [0, 0.05) is 13.0 Å². The van der Waals surface area contributed by atoms with Crippen molar-refractivity contribution in [1.82, 2.24) is 4.90 Å². The van der Waals surface area contributed by atoms with E-state index in [2.05, 4.69) is 0 Å². The largest absolute Gasteiger partial charge is 0.486 e. The molecule has 0 spiro atoms. The fraction of sp³-hybridized carbons (Fsp3) is 0.632. The van der Waals surface area contributed by atoms with Crippen molar-refractivity contribution in [3.05, 3.63) is 23.8 Å². The summed E-state index contributed by atoms with van der Waals surface area (Å²) in [5.74, 6) is 1.89. The second-order valence-corrected chi connectivity index (χ2v) is 7.87. The number of hydrogen-bond acceptors (Lipinski definition) is 4. The Kier molecular flexibility index (Phi) is 4.47. The molecule has 1 saturated carbocycles. The lowest BCUT2D eigenvalue weighted by atomic mass is 9.86. The summed E-state index contributed by atoms with van der Waals surface area (Å²) in [6, 6.07) is 5.78. The predicted molar refractivity (Wildman–Crippen MR) is 91.4 cm³/mol. The highest BCUT2D eigenvalue weighted by Crippen LogP contribution is 2.50. The summed E-state index contributed by atoms with van der Waals surface area (Å²) < 4.78 is 11.2. The Hall–Kier alpha value is -1.75. The molecule has 5 heteroatoms. The standard InChI is InChI=1S/C19H27NO4/c1-19(2,3)17(11-21)20(4)18(22)14-10-13(14)12-5-6-15-16(9-12)24-8-7-23-15/h5-6,9,13-14,17,21H,7-8,10-11H2,1-4H3/t13-,14+,17-/m0/s1. The van der Waals surface area contributed by atoms with E-state index in [1.165, 1.54) is 0 Å². The highest BCUT2D eigenvalue weighted by molar-refractivity contribution is 5.83. The number of amides is 1. The minimum Gasteiger partial charge on any atom is -0.486 e. The number of carbonyl (C=O) groups is 1. The van der Waals surface area contributed by atoms with Gasteiger partial charge in [0.05, 0.1) is 12.6 Å². The van der Waals surface area contributed by atoms with Gasteiger partial charge in [0.1, 0.15) is 13.2 Å². The highest BCUT2D eigenvalue weighted by atomic mass is 16.6. The highest BCUT2D eigenvalue weighted by Gasteiger charge is 2.47. The zero-order valence-corrected chi connectivity index (χ0v) is 14.9. The monoisotopic (exact) mass is 333 g/mol. The predicted octanol–water partition coefficient (Wildman–Crippen LogP) is 2.43. The summed E-state index contributed by atoms with van der Waals surface area (Å²) in [4.78, 5) is 14.5. The Morgan fingerprint density at radius 3 is 2.58 bits per heavy atom. The summed E-state index contributed by atoms with van der Waals surface area (Å²) in [6.45, 7) is 7.26. The second kappa shape index (κ2) is 6.28. The molecule has 3 atom stereocenters. The van der Waals surface area contributed by atoms with Gasteiger partial charge in [-0.05, 0) is 35.4 Å². The number of ether oxygens (including phenoxy) is 2. The zero-order chi connectivity index (χ0) is 17.5. The van der Waals surface area contributed by atoms with Crippen LogP contribution in [0.25, 0.3) is 0 Å². The molecule has 132 valence electrons. The SMILES string of the molecule is CN(C(=O)[C@@H]1C[C@H]1c1ccc2c(c1)OCCO2)[C@@H](CO)C(C)(C)C. The molecule has 2 aliphatic rings. The second-order valence-electron chi connectivity index (χ2n) is 7.87. The van der Waals surface area contributed by atoms with E-state index in [-0.39, 0.29) is 35.8 Å². The maximum atomic E-state index is 12.8. The maximum absolute atomic E-state index is 12.8. The fourth-order valence-electron chi connectivity index (χ4n) is 3.52. The number of aliphatic hydroxyl groups is 1. The molecular formula is C19H27NO4. The van der Waals surface area contributed by atoms with Crippen LogP contribution in [0.4, 0.5) is 0 Å². The molecular weight excluding hydrogens is 306 g/mol. The molecule has 0 radical (unpaired) electrons. The molecule has 1 heterocycles. The topological polar surface area (TPSA) is 59.0 Å². The lowest BCUT2D eigenvalue weighted by Crippen LogP contribution is -2.48. The minimum atomic E-state index is -0.175. The lowest BCUT2D eigenvalue weighted by molar-refractivity contribution is -0.136. The van der Waals surface area contributed by atoms with Gasteiger partial charge >= 0.3 is 0 Å². The van der Waals surface area contributed by atoms with Gasteiger partial charge in [-0.3, -0.25) is 4.79 Å². The minimum absolute atomic E-state index is 0.00559.